The fourth-order valence-corrected chi connectivity index (χ4v) is 4.23. The molecule has 0 saturated carbocycles. The SMILES string of the molecule is Cc1cc(C(=O)COC(=O)c2ccc(CN3CCCC3=O)cc2)c(C)n1Cc1ccc(F)cc1. The smallest absolute Gasteiger partial charge is 0.338 e. The Bertz CT molecular complexity index is 1210. The van der Waals surface area contributed by atoms with Gasteiger partial charge in [0.05, 0.1) is 5.56 Å². The molecule has 176 valence electrons. The Kier molecular flexibility index (Phi) is 6.91. The van der Waals surface area contributed by atoms with Crippen LogP contribution in [0.2, 0.25) is 0 Å². The molecule has 0 unspecified atom stereocenters. The van der Waals surface area contributed by atoms with Crippen molar-refractivity contribution in [3.05, 3.63) is 94.1 Å². The molecule has 3 aromatic rings. The lowest BCUT2D eigenvalue weighted by molar-refractivity contribution is -0.128. The van der Waals surface area contributed by atoms with E-state index >= 15 is 0 Å². The van der Waals surface area contributed by atoms with Gasteiger partial charge in [-0.1, -0.05) is 24.3 Å². The second kappa shape index (κ2) is 10.0. The molecule has 4 rings (SSSR count). The van der Waals surface area contributed by atoms with Crippen molar-refractivity contribution in [3.8, 4) is 0 Å². The Morgan fingerprint density at radius 2 is 1.62 bits per heavy atom. The fourth-order valence-electron chi connectivity index (χ4n) is 4.23. The lowest BCUT2D eigenvalue weighted by Gasteiger charge is -2.15. The molecule has 2 heterocycles. The molecule has 1 aromatic heterocycles. The van der Waals surface area contributed by atoms with E-state index in [-0.39, 0.29) is 24.1 Å². The molecule has 1 aliphatic rings. The molecule has 6 nitrogen and oxygen atoms in total. The van der Waals surface area contributed by atoms with Crippen LogP contribution in [0.4, 0.5) is 4.39 Å². The van der Waals surface area contributed by atoms with Crippen molar-refractivity contribution in [1.29, 1.82) is 0 Å². The van der Waals surface area contributed by atoms with E-state index in [9.17, 15) is 18.8 Å². The predicted molar refractivity (Wildman–Crippen MR) is 125 cm³/mol. The van der Waals surface area contributed by atoms with Gasteiger partial charge >= 0.3 is 5.97 Å². The number of Topliss-reactive ketones (excluding diaryl/α,β-unsaturated/α-hetero) is 1. The Labute approximate surface area is 197 Å². The topological polar surface area (TPSA) is 68.6 Å². The van der Waals surface area contributed by atoms with Crippen LogP contribution in [0.1, 0.15) is 56.1 Å². The zero-order chi connectivity index (χ0) is 24.2. The third-order valence-electron chi connectivity index (χ3n) is 6.20. The van der Waals surface area contributed by atoms with Crippen molar-refractivity contribution in [2.24, 2.45) is 0 Å². The van der Waals surface area contributed by atoms with Crippen LogP contribution in [0.15, 0.2) is 54.6 Å². The van der Waals surface area contributed by atoms with E-state index in [0.717, 1.165) is 35.5 Å². The summed E-state index contributed by atoms with van der Waals surface area (Å²) >= 11 is 0. The zero-order valence-corrected chi connectivity index (χ0v) is 19.3. The maximum Gasteiger partial charge on any atom is 0.338 e. The van der Waals surface area contributed by atoms with E-state index in [2.05, 4.69) is 0 Å². The molecular formula is C27H27FN2O4. The van der Waals surface area contributed by atoms with Gasteiger partial charge in [-0.2, -0.15) is 0 Å². The quantitative estimate of drug-likeness (QED) is 0.366. The van der Waals surface area contributed by atoms with Gasteiger partial charge in [0.15, 0.2) is 6.61 Å². The van der Waals surface area contributed by atoms with Crippen LogP contribution in [0.25, 0.3) is 0 Å². The van der Waals surface area contributed by atoms with Crippen molar-refractivity contribution in [1.82, 2.24) is 9.47 Å². The number of esters is 1. The molecule has 1 saturated heterocycles. The van der Waals surface area contributed by atoms with Crippen LogP contribution >= 0.6 is 0 Å². The molecule has 7 heteroatoms. The first-order chi connectivity index (χ1) is 16.3. The second-order valence-electron chi connectivity index (χ2n) is 8.61. The second-order valence-corrected chi connectivity index (χ2v) is 8.61. The molecule has 2 aromatic carbocycles. The van der Waals surface area contributed by atoms with E-state index in [0.29, 0.717) is 30.6 Å². The fraction of sp³-hybridized carbons (Fsp3) is 0.296. The van der Waals surface area contributed by atoms with Crippen molar-refractivity contribution < 1.29 is 23.5 Å². The number of hydrogen-bond donors (Lipinski definition) is 0. The summed E-state index contributed by atoms with van der Waals surface area (Å²) in [7, 11) is 0. The maximum absolute atomic E-state index is 13.2. The number of ketones is 1. The van der Waals surface area contributed by atoms with E-state index < -0.39 is 5.97 Å². The van der Waals surface area contributed by atoms with Gasteiger partial charge in [-0.3, -0.25) is 9.59 Å². The average Bonchev–Trinajstić information content (AvgIpc) is 3.36. The van der Waals surface area contributed by atoms with E-state index in [1.54, 1.807) is 47.4 Å². The van der Waals surface area contributed by atoms with Crippen LogP contribution in [-0.4, -0.2) is 40.3 Å². The summed E-state index contributed by atoms with van der Waals surface area (Å²) in [5, 5.41) is 0. The lowest BCUT2D eigenvalue weighted by atomic mass is 10.1. The lowest BCUT2D eigenvalue weighted by Crippen LogP contribution is -2.23. The zero-order valence-electron chi connectivity index (χ0n) is 19.3. The molecule has 1 amide bonds. The molecule has 1 fully saturated rings. The van der Waals surface area contributed by atoms with Crippen molar-refractivity contribution in [2.75, 3.05) is 13.2 Å². The maximum atomic E-state index is 13.2. The highest BCUT2D eigenvalue weighted by Crippen LogP contribution is 2.19. The summed E-state index contributed by atoms with van der Waals surface area (Å²) in [4.78, 5) is 38.8. The molecule has 34 heavy (non-hydrogen) atoms. The number of aromatic nitrogens is 1. The number of halogens is 1. The predicted octanol–water partition coefficient (Wildman–Crippen LogP) is 4.45. The third kappa shape index (κ3) is 5.25. The number of likely N-dealkylation sites (tertiary alicyclic amines) is 1. The number of nitrogens with zero attached hydrogens (tertiary/aromatic N) is 2. The van der Waals surface area contributed by atoms with Gasteiger partial charge < -0.3 is 14.2 Å². The number of carbonyl (C=O) groups is 3. The van der Waals surface area contributed by atoms with Crippen molar-refractivity contribution >= 4 is 17.7 Å². The van der Waals surface area contributed by atoms with Gasteiger partial charge in [-0.05, 0) is 61.7 Å². The summed E-state index contributed by atoms with van der Waals surface area (Å²) in [5.74, 6) is -0.994. The number of aryl methyl sites for hydroxylation is 1. The molecular weight excluding hydrogens is 435 g/mol. The minimum atomic E-state index is -0.572. The van der Waals surface area contributed by atoms with Gasteiger partial charge in [0.2, 0.25) is 11.7 Å². The first-order valence-electron chi connectivity index (χ1n) is 11.3. The molecule has 0 spiro atoms. The summed E-state index contributed by atoms with van der Waals surface area (Å²) in [6, 6.07) is 14.9. The third-order valence-corrected chi connectivity index (χ3v) is 6.20. The summed E-state index contributed by atoms with van der Waals surface area (Å²) in [5.41, 5.74) is 4.37. The van der Waals surface area contributed by atoms with Gasteiger partial charge in [0, 0.05) is 43.0 Å². The summed E-state index contributed by atoms with van der Waals surface area (Å²) in [6.07, 6.45) is 1.47. The van der Waals surface area contributed by atoms with Crippen molar-refractivity contribution in [2.45, 2.75) is 39.8 Å². The highest BCUT2D eigenvalue weighted by molar-refractivity contribution is 6.00. The summed E-state index contributed by atoms with van der Waals surface area (Å²) < 4.78 is 20.4. The largest absolute Gasteiger partial charge is 0.454 e. The van der Waals surface area contributed by atoms with Gasteiger partial charge in [-0.25, -0.2) is 9.18 Å². The van der Waals surface area contributed by atoms with Crippen LogP contribution in [0.5, 0.6) is 0 Å². The van der Waals surface area contributed by atoms with Gasteiger partial charge in [-0.15, -0.1) is 0 Å². The molecule has 0 N–H and O–H groups in total. The van der Waals surface area contributed by atoms with Crippen LogP contribution in [0, 0.1) is 19.7 Å². The minimum absolute atomic E-state index is 0.152. The number of ether oxygens (including phenoxy) is 1. The van der Waals surface area contributed by atoms with Gasteiger partial charge in [0.25, 0.3) is 0 Å². The van der Waals surface area contributed by atoms with Crippen LogP contribution < -0.4 is 0 Å². The van der Waals surface area contributed by atoms with Crippen molar-refractivity contribution in [3.63, 3.8) is 0 Å². The standard InChI is InChI=1S/C27H27FN2O4/c1-18-14-24(19(2)30(18)16-21-7-11-23(28)12-8-21)25(31)17-34-27(33)22-9-5-20(6-10-22)15-29-13-3-4-26(29)32/h5-12,14H,3-4,13,15-17H2,1-2H3. The van der Waals surface area contributed by atoms with Crippen LogP contribution in [-0.2, 0) is 22.6 Å². The molecule has 0 aliphatic carbocycles. The Balaban J connectivity index is 1.35. The molecule has 0 bridgehead atoms. The number of amides is 1. The number of rotatable bonds is 8. The minimum Gasteiger partial charge on any atom is -0.454 e. The van der Waals surface area contributed by atoms with Crippen LogP contribution in [0.3, 0.4) is 0 Å². The first kappa shape index (κ1) is 23.4. The number of hydrogen-bond acceptors (Lipinski definition) is 4. The average molecular weight is 463 g/mol. The van der Waals surface area contributed by atoms with E-state index in [4.69, 9.17) is 4.74 Å². The van der Waals surface area contributed by atoms with Gasteiger partial charge in [0.1, 0.15) is 5.82 Å². The van der Waals surface area contributed by atoms with E-state index in [1.165, 1.54) is 12.1 Å². The molecule has 0 atom stereocenters. The highest BCUT2D eigenvalue weighted by atomic mass is 19.1. The Morgan fingerprint density at radius 3 is 2.26 bits per heavy atom. The monoisotopic (exact) mass is 462 g/mol. The normalized spacial score (nSPS) is 13.4. The Hall–Kier alpha value is -3.74. The Morgan fingerprint density at radius 1 is 0.971 bits per heavy atom. The number of carbonyl (C=O) groups excluding carboxylic acids is 3. The molecule has 0 radical (unpaired) electrons. The molecule has 1 aliphatic heterocycles. The summed E-state index contributed by atoms with van der Waals surface area (Å²) in [6.45, 7) is 5.19. The van der Waals surface area contributed by atoms with E-state index in [1.807, 2.05) is 18.4 Å². The highest BCUT2D eigenvalue weighted by Gasteiger charge is 2.21. The number of benzene rings is 2. The first-order valence-corrected chi connectivity index (χ1v) is 11.3.